The first-order valence-electron chi connectivity index (χ1n) is 16.1. The van der Waals surface area contributed by atoms with Crippen LogP contribution in [0.25, 0.3) is 10.9 Å². The largest absolute Gasteiger partial charge is 0.494 e. The van der Waals surface area contributed by atoms with Crippen molar-refractivity contribution in [2.75, 3.05) is 70.5 Å². The highest BCUT2D eigenvalue weighted by molar-refractivity contribution is 5.91. The van der Waals surface area contributed by atoms with Crippen LogP contribution in [0.1, 0.15) is 56.7 Å². The van der Waals surface area contributed by atoms with E-state index in [9.17, 15) is 4.79 Å². The van der Waals surface area contributed by atoms with Crippen molar-refractivity contribution in [3.05, 3.63) is 65.9 Å². The van der Waals surface area contributed by atoms with Gasteiger partial charge in [0.1, 0.15) is 5.75 Å². The lowest BCUT2D eigenvalue weighted by Crippen LogP contribution is -2.47. The zero-order valence-electron chi connectivity index (χ0n) is 25.4. The minimum atomic E-state index is -0.165. The van der Waals surface area contributed by atoms with Crippen molar-refractivity contribution < 1.29 is 14.3 Å². The van der Waals surface area contributed by atoms with Gasteiger partial charge in [-0.25, -0.2) is 0 Å². The number of hydrogen-bond acceptors (Lipinski definition) is 7. The summed E-state index contributed by atoms with van der Waals surface area (Å²) in [5, 5.41) is 1.14. The predicted octanol–water partition coefficient (Wildman–Crippen LogP) is 5.74. The Morgan fingerprint density at radius 3 is 2.33 bits per heavy atom. The Hall–Kier alpha value is -3.16. The third kappa shape index (κ3) is 8.92. The van der Waals surface area contributed by atoms with Gasteiger partial charge in [0.05, 0.1) is 30.8 Å². The average molecular weight is 573 g/mol. The van der Waals surface area contributed by atoms with E-state index in [1.807, 2.05) is 13.0 Å². The third-order valence-electron chi connectivity index (χ3n) is 8.59. The maximum atomic E-state index is 11.8. The molecule has 226 valence electrons. The number of likely N-dealkylation sites (tertiary alicyclic amines) is 1. The van der Waals surface area contributed by atoms with Crippen molar-refractivity contribution in [1.82, 2.24) is 14.8 Å². The van der Waals surface area contributed by atoms with Gasteiger partial charge in [0.25, 0.3) is 0 Å². The first-order chi connectivity index (χ1) is 20.7. The molecule has 0 spiro atoms. The number of rotatable bonds is 13. The van der Waals surface area contributed by atoms with Crippen molar-refractivity contribution in [2.24, 2.45) is 0 Å². The maximum Gasteiger partial charge on any atom is 0.306 e. The molecule has 0 saturated carbocycles. The quantitative estimate of drug-likeness (QED) is 0.191. The van der Waals surface area contributed by atoms with Gasteiger partial charge in [0, 0.05) is 56.8 Å². The van der Waals surface area contributed by atoms with E-state index in [2.05, 4.69) is 63.2 Å². The number of esters is 1. The van der Waals surface area contributed by atoms with Crippen LogP contribution >= 0.6 is 0 Å². The van der Waals surface area contributed by atoms with Crippen molar-refractivity contribution in [3.8, 4) is 5.75 Å². The summed E-state index contributed by atoms with van der Waals surface area (Å²) in [5.41, 5.74) is 4.51. The summed E-state index contributed by atoms with van der Waals surface area (Å²) in [6.07, 6.45) is 8.59. The zero-order chi connectivity index (χ0) is 29.0. The fourth-order valence-electron chi connectivity index (χ4n) is 6.12. The van der Waals surface area contributed by atoms with E-state index in [1.54, 1.807) is 0 Å². The summed E-state index contributed by atoms with van der Waals surface area (Å²) in [7, 11) is 0. The van der Waals surface area contributed by atoms with Gasteiger partial charge in [-0.3, -0.25) is 14.7 Å². The monoisotopic (exact) mass is 572 g/mol. The van der Waals surface area contributed by atoms with Crippen LogP contribution < -0.4 is 9.64 Å². The van der Waals surface area contributed by atoms with Crippen LogP contribution in [0.5, 0.6) is 5.75 Å². The lowest BCUT2D eigenvalue weighted by Gasteiger charge is -2.36. The molecular formula is C35H48N4O3. The van der Waals surface area contributed by atoms with Gasteiger partial charge in [0.2, 0.25) is 0 Å². The molecule has 42 heavy (non-hydrogen) atoms. The molecule has 3 aromatic rings. The number of hydrogen-bond donors (Lipinski definition) is 0. The van der Waals surface area contributed by atoms with Gasteiger partial charge >= 0.3 is 5.97 Å². The number of para-hydroxylation sites is 1. The lowest BCUT2D eigenvalue weighted by atomic mass is 10.1. The Bertz CT molecular complexity index is 1250. The molecular weight excluding hydrogens is 524 g/mol. The number of anilines is 1. The summed E-state index contributed by atoms with van der Waals surface area (Å²) in [6, 6.07) is 19.3. The summed E-state index contributed by atoms with van der Waals surface area (Å²) in [6.45, 7) is 11.8. The molecule has 1 aromatic heterocycles. The number of carbonyl (C=O) groups is 1. The molecule has 0 radical (unpaired) electrons. The molecule has 7 heteroatoms. The maximum absolute atomic E-state index is 11.8. The number of carbonyl (C=O) groups excluding carboxylic acids is 1. The number of aromatic nitrogens is 1. The highest BCUT2D eigenvalue weighted by Crippen LogP contribution is 2.27. The Kier molecular flexibility index (Phi) is 11.5. The second-order valence-electron chi connectivity index (χ2n) is 11.6. The fraction of sp³-hybridized carbons (Fsp3) is 0.543. The second-order valence-corrected chi connectivity index (χ2v) is 11.6. The van der Waals surface area contributed by atoms with Crippen LogP contribution in [0.4, 0.5) is 5.69 Å². The first kappa shape index (κ1) is 30.3. The predicted molar refractivity (Wildman–Crippen MR) is 171 cm³/mol. The third-order valence-corrected chi connectivity index (χ3v) is 8.59. The molecule has 7 nitrogen and oxygen atoms in total. The fourth-order valence-corrected chi connectivity index (χ4v) is 6.12. The van der Waals surface area contributed by atoms with Crippen molar-refractivity contribution >= 4 is 22.6 Å². The molecule has 2 aromatic carbocycles. The lowest BCUT2D eigenvalue weighted by molar-refractivity contribution is -0.143. The molecule has 2 aliphatic rings. The summed E-state index contributed by atoms with van der Waals surface area (Å²) in [4.78, 5) is 24.4. The van der Waals surface area contributed by atoms with E-state index in [0.717, 1.165) is 81.1 Å². The van der Waals surface area contributed by atoms with Crippen molar-refractivity contribution in [2.45, 2.75) is 58.3 Å². The Labute approximate surface area is 251 Å². The van der Waals surface area contributed by atoms with Gasteiger partial charge in [-0.1, -0.05) is 43.2 Å². The molecule has 0 unspecified atom stereocenters. The Balaban J connectivity index is 1.05. The number of nitrogens with zero attached hydrogens (tertiary/aromatic N) is 4. The molecule has 0 atom stereocenters. The Morgan fingerprint density at radius 2 is 1.57 bits per heavy atom. The van der Waals surface area contributed by atoms with Crippen molar-refractivity contribution in [3.63, 3.8) is 0 Å². The molecule has 0 amide bonds. The molecule has 3 heterocycles. The van der Waals surface area contributed by atoms with Crippen molar-refractivity contribution in [1.29, 1.82) is 0 Å². The number of piperazine rings is 1. The highest BCUT2D eigenvalue weighted by Gasteiger charge is 2.19. The van der Waals surface area contributed by atoms with Gasteiger partial charge in [0.15, 0.2) is 0 Å². The van der Waals surface area contributed by atoms with Gasteiger partial charge in [-0.15, -0.1) is 0 Å². The summed E-state index contributed by atoms with van der Waals surface area (Å²) >= 11 is 0. The Morgan fingerprint density at radius 1 is 0.810 bits per heavy atom. The molecule has 2 saturated heterocycles. The van der Waals surface area contributed by atoms with Crippen LogP contribution in [-0.2, 0) is 22.4 Å². The average Bonchev–Trinajstić information content (AvgIpc) is 3.31. The molecule has 0 aliphatic carbocycles. The molecule has 0 N–H and O–H groups in total. The van der Waals surface area contributed by atoms with Gasteiger partial charge in [-0.2, -0.15) is 0 Å². The molecule has 2 aliphatic heterocycles. The minimum Gasteiger partial charge on any atom is -0.494 e. The smallest absolute Gasteiger partial charge is 0.306 e. The van der Waals surface area contributed by atoms with E-state index in [-0.39, 0.29) is 5.97 Å². The van der Waals surface area contributed by atoms with E-state index >= 15 is 0 Å². The number of fused-ring (bicyclic) bond motifs is 1. The summed E-state index contributed by atoms with van der Waals surface area (Å²) in [5.74, 6) is 0.818. The zero-order valence-corrected chi connectivity index (χ0v) is 25.4. The number of benzene rings is 2. The van der Waals surface area contributed by atoms with Crippen LogP contribution in [-0.4, -0.2) is 86.3 Å². The standard InChI is InChI=1S/C35H48N4O3/c1-2-41-34(40)18-15-31-14-13-30-9-7-10-33(35(30)36-31)39-26-24-38(25-27-39)23-19-29-11-16-32(17-12-29)42-28-8-22-37-20-5-3-4-6-21-37/h7,9-14,16-17H,2-6,8,15,18-28H2,1H3. The molecule has 2 fully saturated rings. The SMILES string of the molecule is CCOC(=O)CCc1ccc2cccc(N3CCN(CCc4ccc(OCCCN5CCCCCC5)cc4)CC3)c2n1. The second kappa shape index (κ2) is 15.9. The van der Waals surface area contributed by atoms with E-state index in [0.29, 0.717) is 19.4 Å². The number of aryl methyl sites for hydroxylation is 1. The van der Waals surface area contributed by atoms with E-state index in [4.69, 9.17) is 14.5 Å². The topological polar surface area (TPSA) is 58.1 Å². The van der Waals surface area contributed by atoms with Crippen LogP contribution in [0.3, 0.4) is 0 Å². The minimum absolute atomic E-state index is 0.165. The van der Waals surface area contributed by atoms with E-state index < -0.39 is 0 Å². The number of ether oxygens (including phenoxy) is 2. The number of pyridine rings is 1. The van der Waals surface area contributed by atoms with Crippen LogP contribution in [0.2, 0.25) is 0 Å². The normalized spacial score (nSPS) is 16.8. The van der Waals surface area contributed by atoms with E-state index in [1.165, 1.54) is 50.0 Å². The molecule has 0 bridgehead atoms. The van der Waals surface area contributed by atoms with Crippen LogP contribution in [0.15, 0.2) is 54.6 Å². The van der Waals surface area contributed by atoms with Gasteiger partial charge in [-0.05, 0) is 75.5 Å². The van der Waals surface area contributed by atoms with Crippen LogP contribution in [0, 0.1) is 0 Å². The highest BCUT2D eigenvalue weighted by atomic mass is 16.5. The first-order valence-corrected chi connectivity index (χ1v) is 16.1. The molecule has 5 rings (SSSR count). The summed E-state index contributed by atoms with van der Waals surface area (Å²) < 4.78 is 11.1. The van der Waals surface area contributed by atoms with Gasteiger partial charge < -0.3 is 19.3 Å².